The second-order valence-electron chi connectivity index (χ2n) is 4.98. The van der Waals surface area contributed by atoms with Crippen LogP contribution in [0.25, 0.3) is 6.08 Å². The Kier molecular flexibility index (Phi) is 5.27. The largest absolute Gasteiger partial charge is 0.507 e. The lowest BCUT2D eigenvalue weighted by Gasteiger charge is -2.17. The molecule has 6 nitrogen and oxygen atoms in total. The van der Waals surface area contributed by atoms with Gasteiger partial charge in [-0.1, -0.05) is 24.0 Å². The highest BCUT2D eigenvalue weighted by Gasteiger charge is 2.33. The van der Waals surface area contributed by atoms with Crippen LogP contribution in [-0.4, -0.2) is 58.8 Å². The van der Waals surface area contributed by atoms with Crippen molar-refractivity contribution in [2.75, 3.05) is 27.7 Å². The van der Waals surface area contributed by atoms with Gasteiger partial charge in [0, 0.05) is 19.7 Å². The van der Waals surface area contributed by atoms with E-state index in [9.17, 15) is 14.7 Å². The molecule has 1 aliphatic rings. The van der Waals surface area contributed by atoms with Gasteiger partial charge in [0.15, 0.2) is 0 Å². The monoisotopic (exact) mass is 352 g/mol. The number of thioether (sulfide) groups is 1. The van der Waals surface area contributed by atoms with Crippen molar-refractivity contribution < 1.29 is 19.4 Å². The number of nitrogens with zero attached hydrogens (tertiary/aromatic N) is 2. The van der Waals surface area contributed by atoms with Crippen LogP contribution in [0.1, 0.15) is 5.56 Å². The number of benzene rings is 1. The molecule has 8 heteroatoms. The molecular weight excluding hydrogens is 336 g/mol. The van der Waals surface area contributed by atoms with E-state index in [4.69, 9.17) is 17.0 Å². The van der Waals surface area contributed by atoms with E-state index in [0.717, 1.165) is 11.8 Å². The van der Waals surface area contributed by atoms with E-state index >= 15 is 0 Å². The average molecular weight is 352 g/mol. The zero-order valence-corrected chi connectivity index (χ0v) is 14.5. The van der Waals surface area contributed by atoms with E-state index in [-0.39, 0.29) is 24.1 Å². The molecule has 1 aromatic rings. The first-order valence-electron chi connectivity index (χ1n) is 6.66. The molecule has 1 heterocycles. The Hall–Kier alpha value is -2.06. The van der Waals surface area contributed by atoms with Gasteiger partial charge < -0.3 is 14.7 Å². The second-order valence-corrected chi connectivity index (χ2v) is 6.66. The van der Waals surface area contributed by atoms with Crippen molar-refractivity contribution in [1.29, 1.82) is 0 Å². The first kappa shape index (κ1) is 17.3. The Bertz CT molecular complexity index is 701. The van der Waals surface area contributed by atoms with Gasteiger partial charge in [-0.3, -0.25) is 14.5 Å². The first-order valence-corrected chi connectivity index (χ1v) is 7.88. The summed E-state index contributed by atoms with van der Waals surface area (Å²) in [4.78, 5) is 27.2. The van der Waals surface area contributed by atoms with Crippen molar-refractivity contribution >= 4 is 46.2 Å². The number of phenolic OH excluding ortho intramolecular Hbond substituents is 1. The molecule has 0 radical (unpaired) electrons. The summed E-state index contributed by atoms with van der Waals surface area (Å²) in [5.74, 6) is 0.0250. The SMILES string of the molecule is COc1ccc(O)c(/C=C2/SC(=S)N(CC(=O)N(C)C)C2=O)c1. The maximum Gasteiger partial charge on any atom is 0.266 e. The maximum atomic E-state index is 12.4. The molecule has 1 aromatic carbocycles. The molecule has 1 aliphatic heterocycles. The predicted octanol–water partition coefficient (Wildman–Crippen LogP) is 1.69. The number of ether oxygens (including phenoxy) is 1. The molecule has 23 heavy (non-hydrogen) atoms. The number of hydrogen-bond acceptors (Lipinski definition) is 6. The summed E-state index contributed by atoms with van der Waals surface area (Å²) in [5, 5.41) is 9.90. The number of hydrogen-bond donors (Lipinski definition) is 1. The van der Waals surface area contributed by atoms with Crippen molar-refractivity contribution in [2.24, 2.45) is 0 Å². The van der Waals surface area contributed by atoms with E-state index in [1.54, 1.807) is 26.2 Å². The molecule has 0 unspecified atom stereocenters. The highest BCUT2D eigenvalue weighted by Crippen LogP contribution is 2.34. The molecule has 1 saturated heterocycles. The third-order valence-corrected chi connectivity index (χ3v) is 4.56. The molecule has 0 spiro atoms. The Morgan fingerprint density at radius 3 is 2.78 bits per heavy atom. The number of rotatable bonds is 4. The highest BCUT2D eigenvalue weighted by molar-refractivity contribution is 8.26. The molecule has 1 N–H and O–H groups in total. The number of carbonyl (C=O) groups is 2. The van der Waals surface area contributed by atoms with Gasteiger partial charge in [-0.2, -0.15) is 0 Å². The van der Waals surface area contributed by atoms with Gasteiger partial charge in [0.1, 0.15) is 22.4 Å². The number of methoxy groups -OCH3 is 1. The molecule has 0 saturated carbocycles. The molecule has 1 fully saturated rings. The Morgan fingerprint density at radius 2 is 2.17 bits per heavy atom. The van der Waals surface area contributed by atoms with Crippen molar-refractivity contribution in [3.8, 4) is 11.5 Å². The Morgan fingerprint density at radius 1 is 1.48 bits per heavy atom. The van der Waals surface area contributed by atoms with Crippen LogP contribution in [0.3, 0.4) is 0 Å². The number of carbonyl (C=O) groups excluding carboxylic acids is 2. The lowest BCUT2D eigenvalue weighted by atomic mass is 10.1. The molecular formula is C15H16N2O4S2. The summed E-state index contributed by atoms with van der Waals surface area (Å²) in [5.41, 5.74) is 0.448. The van der Waals surface area contributed by atoms with Crippen LogP contribution >= 0.6 is 24.0 Å². The third-order valence-electron chi connectivity index (χ3n) is 3.19. The lowest BCUT2D eigenvalue weighted by Crippen LogP contribution is -2.38. The fraction of sp³-hybridized carbons (Fsp3) is 0.267. The van der Waals surface area contributed by atoms with Crippen molar-refractivity contribution in [1.82, 2.24) is 9.80 Å². The molecule has 122 valence electrons. The minimum Gasteiger partial charge on any atom is -0.507 e. The summed E-state index contributed by atoms with van der Waals surface area (Å²) in [6.45, 7) is -0.0981. The zero-order chi connectivity index (χ0) is 17.1. The average Bonchev–Trinajstić information content (AvgIpc) is 2.76. The van der Waals surface area contributed by atoms with E-state index in [1.165, 1.54) is 29.1 Å². The van der Waals surface area contributed by atoms with Gasteiger partial charge in [0.05, 0.1) is 12.0 Å². The minimum absolute atomic E-state index is 0.0282. The normalized spacial score (nSPS) is 16.1. The van der Waals surface area contributed by atoms with Gasteiger partial charge in [-0.15, -0.1) is 0 Å². The fourth-order valence-corrected chi connectivity index (χ4v) is 3.08. The van der Waals surface area contributed by atoms with Gasteiger partial charge in [-0.05, 0) is 24.3 Å². The molecule has 0 aromatic heterocycles. The van der Waals surface area contributed by atoms with E-state index in [0.29, 0.717) is 20.5 Å². The van der Waals surface area contributed by atoms with Crippen molar-refractivity contribution in [3.05, 3.63) is 28.7 Å². The molecule has 2 amide bonds. The van der Waals surface area contributed by atoms with Gasteiger partial charge in [-0.25, -0.2) is 0 Å². The second kappa shape index (κ2) is 7.01. The number of phenols is 1. The van der Waals surface area contributed by atoms with E-state index in [1.807, 2.05) is 0 Å². The van der Waals surface area contributed by atoms with Crippen LogP contribution in [-0.2, 0) is 9.59 Å². The quantitative estimate of drug-likeness (QED) is 0.657. The third kappa shape index (κ3) is 3.83. The van der Waals surface area contributed by atoms with Crippen molar-refractivity contribution in [2.45, 2.75) is 0 Å². The first-order chi connectivity index (χ1) is 10.8. The lowest BCUT2D eigenvalue weighted by molar-refractivity contribution is -0.133. The molecule has 0 aliphatic carbocycles. The van der Waals surface area contributed by atoms with Crippen LogP contribution in [0.5, 0.6) is 11.5 Å². The van der Waals surface area contributed by atoms with Crippen LogP contribution < -0.4 is 4.74 Å². The highest BCUT2D eigenvalue weighted by atomic mass is 32.2. The van der Waals surface area contributed by atoms with Crippen LogP contribution in [0, 0.1) is 0 Å². The zero-order valence-electron chi connectivity index (χ0n) is 12.9. The number of likely N-dealkylation sites (N-methyl/N-ethyl adjacent to an activating group) is 1. The van der Waals surface area contributed by atoms with E-state index < -0.39 is 0 Å². The van der Waals surface area contributed by atoms with Crippen LogP contribution in [0.2, 0.25) is 0 Å². The Labute approximate surface area is 143 Å². The smallest absolute Gasteiger partial charge is 0.266 e. The predicted molar refractivity (Wildman–Crippen MR) is 93.2 cm³/mol. The van der Waals surface area contributed by atoms with E-state index in [2.05, 4.69) is 0 Å². The van der Waals surface area contributed by atoms with Crippen molar-refractivity contribution in [3.63, 3.8) is 0 Å². The summed E-state index contributed by atoms with van der Waals surface area (Å²) in [7, 11) is 4.75. The van der Waals surface area contributed by atoms with Gasteiger partial charge >= 0.3 is 0 Å². The van der Waals surface area contributed by atoms with Crippen LogP contribution in [0.4, 0.5) is 0 Å². The molecule has 0 atom stereocenters. The summed E-state index contributed by atoms with van der Waals surface area (Å²) >= 11 is 6.27. The fourth-order valence-electron chi connectivity index (χ4n) is 1.83. The maximum absolute atomic E-state index is 12.4. The summed E-state index contributed by atoms with van der Waals surface area (Å²) in [6, 6.07) is 4.72. The van der Waals surface area contributed by atoms with Gasteiger partial charge in [0.2, 0.25) is 5.91 Å². The summed E-state index contributed by atoms with van der Waals surface area (Å²) in [6.07, 6.45) is 1.54. The number of aromatic hydroxyl groups is 1. The summed E-state index contributed by atoms with van der Waals surface area (Å²) < 4.78 is 5.42. The van der Waals surface area contributed by atoms with Crippen LogP contribution in [0.15, 0.2) is 23.1 Å². The number of thiocarbonyl (C=S) groups is 1. The topological polar surface area (TPSA) is 70.1 Å². The molecule has 2 rings (SSSR count). The minimum atomic E-state index is -0.350. The van der Waals surface area contributed by atoms with Gasteiger partial charge in [0.25, 0.3) is 5.91 Å². The Balaban J connectivity index is 2.27. The molecule has 0 bridgehead atoms. The standard InChI is InChI=1S/C15H16N2O4S2/c1-16(2)13(19)8-17-14(20)12(23-15(17)22)7-9-6-10(21-3)4-5-11(9)18/h4-7,18H,8H2,1-3H3/b12-7+. The number of amides is 2.